The molecular weight excluding hydrogens is 254 g/mol. The van der Waals surface area contributed by atoms with Crippen molar-refractivity contribution in [3.05, 3.63) is 0 Å². The monoisotopic (exact) mass is 277 g/mol. The summed E-state index contributed by atoms with van der Waals surface area (Å²) < 4.78 is 27.8. The Morgan fingerprint density at radius 2 is 2.11 bits per heavy atom. The molecule has 0 saturated carbocycles. The number of esters is 1. The predicted octanol–water partition coefficient (Wildman–Crippen LogP) is 0.839. The van der Waals surface area contributed by atoms with E-state index >= 15 is 0 Å². The molecular formula is C12H23NO4S. The maximum absolute atomic E-state index is 11.7. The van der Waals surface area contributed by atoms with Crippen LogP contribution in [0.3, 0.4) is 0 Å². The highest BCUT2D eigenvalue weighted by atomic mass is 32.2. The maximum atomic E-state index is 11.7. The van der Waals surface area contributed by atoms with Gasteiger partial charge >= 0.3 is 5.97 Å². The first-order valence-corrected chi connectivity index (χ1v) is 8.43. The SMILES string of the molecule is CCOC(=O)C1CCCN1CCCS(=O)(=O)CC. The summed E-state index contributed by atoms with van der Waals surface area (Å²) in [6.45, 7) is 5.36. The standard InChI is InChI=1S/C12H23NO4S/c1-3-17-12(14)11-7-5-8-13(11)9-6-10-18(15,16)4-2/h11H,3-10H2,1-2H3. The average Bonchev–Trinajstić information content (AvgIpc) is 2.77. The highest BCUT2D eigenvalue weighted by Gasteiger charge is 2.31. The third-order valence-electron chi connectivity index (χ3n) is 3.26. The van der Waals surface area contributed by atoms with Gasteiger partial charge < -0.3 is 4.74 Å². The van der Waals surface area contributed by atoms with Crippen molar-refractivity contribution in [3.8, 4) is 0 Å². The molecule has 0 aromatic rings. The van der Waals surface area contributed by atoms with Crippen LogP contribution in [0.5, 0.6) is 0 Å². The summed E-state index contributed by atoms with van der Waals surface area (Å²) in [5.74, 6) is 0.220. The van der Waals surface area contributed by atoms with Crippen molar-refractivity contribution in [3.63, 3.8) is 0 Å². The van der Waals surface area contributed by atoms with E-state index in [0.717, 1.165) is 19.4 Å². The van der Waals surface area contributed by atoms with Crippen molar-refractivity contribution in [1.29, 1.82) is 0 Å². The van der Waals surface area contributed by atoms with Gasteiger partial charge in [0.05, 0.1) is 12.4 Å². The van der Waals surface area contributed by atoms with Crippen LogP contribution in [-0.2, 0) is 19.4 Å². The van der Waals surface area contributed by atoms with E-state index in [1.54, 1.807) is 13.8 Å². The van der Waals surface area contributed by atoms with Crippen molar-refractivity contribution in [2.75, 3.05) is 31.2 Å². The summed E-state index contributed by atoms with van der Waals surface area (Å²) in [4.78, 5) is 13.7. The van der Waals surface area contributed by atoms with Gasteiger partial charge in [-0.2, -0.15) is 0 Å². The molecule has 1 fully saturated rings. The van der Waals surface area contributed by atoms with Gasteiger partial charge in [0, 0.05) is 5.75 Å². The number of carbonyl (C=O) groups is 1. The average molecular weight is 277 g/mol. The van der Waals surface area contributed by atoms with Crippen molar-refractivity contribution in [2.24, 2.45) is 0 Å². The minimum atomic E-state index is -2.90. The zero-order valence-electron chi connectivity index (χ0n) is 11.2. The fourth-order valence-corrected chi connectivity index (χ4v) is 3.09. The van der Waals surface area contributed by atoms with Crippen molar-refractivity contribution >= 4 is 15.8 Å². The number of likely N-dealkylation sites (tertiary alicyclic amines) is 1. The smallest absolute Gasteiger partial charge is 0.323 e. The van der Waals surface area contributed by atoms with Gasteiger partial charge in [0.2, 0.25) is 0 Å². The molecule has 1 aliphatic heterocycles. The first-order chi connectivity index (χ1) is 8.50. The van der Waals surface area contributed by atoms with Crippen LogP contribution in [0.1, 0.15) is 33.1 Å². The predicted molar refractivity (Wildman–Crippen MR) is 70.2 cm³/mol. The zero-order chi connectivity index (χ0) is 13.6. The largest absolute Gasteiger partial charge is 0.465 e. The van der Waals surface area contributed by atoms with Crippen LogP contribution < -0.4 is 0 Å². The summed E-state index contributed by atoms with van der Waals surface area (Å²) in [6, 6.07) is -0.172. The van der Waals surface area contributed by atoms with Gasteiger partial charge in [-0.3, -0.25) is 9.69 Å². The Kier molecular flexibility index (Phi) is 6.08. The van der Waals surface area contributed by atoms with E-state index in [1.165, 1.54) is 0 Å². The van der Waals surface area contributed by atoms with E-state index in [0.29, 0.717) is 19.6 Å². The van der Waals surface area contributed by atoms with E-state index in [2.05, 4.69) is 0 Å². The zero-order valence-corrected chi connectivity index (χ0v) is 12.0. The van der Waals surface area contributed by atoms with E-state index in [1.807, 2.05) is 4.90 Å². The maximum Gasteiger partial charge on any atom is 0.323 e. The number of hydrogen-bond acceptors (Lipinski definition) is 5. The molecule has 1 aliphatic rings. The molecule has 0 radical (unpaired) electrons. The molecule has 0 bridgehead atoms. The number of carbonyl (C=O) groups excluding carboxylic acids is 1. The summed E-state index contributed by atoms with van der Waals surface area (Å²) in [6.07, 6.45) is 2.38. The van der Waals surface area contributed by atoms with Crippen molar-refractivity contribution in [2.45, 2.75) is 39.2 Å². The second kappa shape index (κ2) is 7.09. The fourth-order valence-electron chi connectivity index (χ4n) is 2.23. The molecule has 5 nitrogen and oxygen atoms in total. The minimum absolute atomic E-state index is 0.172. The Bertz CT molecular complexity index is 366. The topological polar surface area (TPSA) is 63.7 Å². The second-order valence-corrected chi connectivity index (χ2v) is 7.01. The fraction of sp³-hybridized carbons (Fsp3) is 0.917. The van der Waals surface area contributed by atoms with Crippen LogP contribution in [0.25, 0.3) is 0 Å². The summed E-state index contributed by atoms with van der Waals surface area (Å²) in [7, 11) is -2.90. The molecule has 1 atom stereocenters. The number of hydrogen-bond donors (Lipinski definition) is 0. The van der Waals surface area contributed by atoms with Crippen LogP contribution in [0.4, 0.5) is 0 Å². The Morgan fingerprint density at radius 1 is 1.39 bits per heavy atom. The molecule has 1 unspecified atom stereocenters. The quantitative estimate of drug-likeness (QED) is 0.645. The van der Waals surface area contributed by atoms with Gasteiger partial charge in [-0.15, -0.1) is 0 Å². The molecule has 1 rings (SSSR count). The first kappa shape index (κ1) is 15.4. The highest BCUT2D eigenvalue weighted by Crippen LogP contribution is 2.18. The third kappa shape index (κ3) is 4.57. The van der Waals surface area contributed by atoms with Gasteiger partial charge in [0.1, 0.15) is 15.9 Å². The van der Waals surface area contributed by atoms with Crippen molar-refractivity contribution in [1.82, 2.24) is 4.90 Å². The van der Waals surface area contributed by atoms with Crippen LogP contribution in [-0.4, -0.2) is 56.5 Å². The second-order valence-electron chi connectivity index (χ2n) is 4.54. The summed E-state index contributed by atoms with van der Waals surface area (Å²) in [5, 5.41) is 0. The molecule has 0 aromatic heterocycles. The van der Waals surface area contributed by atoms with Crippen LogP contribution in [0.15, 0.2) is 0 Å². The van der Waals surface area contributed by atoms with Gasteiger partial charge in [-0.25, -0.2) is 8.42 Å². The molecule has 6 heteroatoms. The minimum Gasteiger partial charge on any atom is -0.465 e. The Hall–Kier alpha value is -0.620. The first-order valence-electron chi connectivity index (χ1n) is 6.61. The number of ether oxygens (including phenoxy) is 1. The lowest BCUT2D eigenvalue weighted by Gasteiger charge is -2.22. The van der Waals surface area contributed by atoms with Crippen LogP contribution >= 0.6 is 0 Å². The normalized spacial score (nSPS) is 21.1. The lowest BCUT2D eigenvalue weighted by molar-refractivity contribution is -0.148. The van der Waals surface area contributed by atoms with E-state index in [9.17, 15) is 13.2 Å². The highest BCUT2D eigenvalue weighted by molar-refractivity contribution is 7.91. The van der Waals surface area contributed by atoms with Crippen molar-refractivity contribution < 1.29 is 17.9 Å². The number of rotatable bonds is 7. The molecule has 1 heterocycles. The number of sulfone groups is 1. The summed E-state index contributed by atoms with van der Waals surface area (Å²) >= 11 is 0. The molecule has 0 spiro atoms. The molecule has 0 aliphatic carbocycles. The molecule has 0 amide bonds. The molecule has 1 saturated heterocycles. The van der Waals surface area contributed by atoms with E-state index in [4.69, 9.17) is 4.74 Å². The van der Waals surface area contributed by atoms with Crippen LogP contribution in [0, 0.1) is 0 Å². The molecule has 106 valence electrons. The van der Waals surface area contributed by atoms with E-state index in [-0.39, 0.29) is 23.5 Å². The lowest BCUT2D eigenvalue weighted by Crippen LogP contribution is -2.38. The number of nitrogens with zero attached hydrogens (tertiary/aromatic N) is 1. The Morgan fingerprint density at radius 3 is 2.72 bits per heavy atom. The van der Waals surface area contributed by atoms with Gasteiger partial charge in [-0.05, 0) is 39.3 Å². The van der Waals surface area contributed by atoms with E-state index < -0.39 is 9.84 Å². The summed E-state index contributed by atoms with van der Waals surface area (Å²) in [5.41, 5.74) is 0. The van der Waals surface area contributed by atoms with Gasteiger partial charge in [0.25, 0.3) is 0 Å². The Balaban J connectivity index is 2.39. The molecule has 18 heavy (non-hydrogen) atoms. The van der Waals surface area contributed by atoms with Gasteiger partial charge in [0.15, 0.2) is 0 Å². The Labute approximate surface area is 109 Å². The lowest BCUT2D eigenvalue weighted by atomic mass is 10.2. The third-order valence-corrected chi connectivity index (χ3v) is 5.05. The molecule has 0 aromatic carbocycles. The molecule has 0 N–H and O–H groups in total. The van der Waals surface area contributed by atoms with Gasteiger partial charge in [-0.1, -0.05) is 6.92 Å². The van der Waals surface area contributed by atoms with Crippen LogP contribution in [0.2, 0.25) is 0 Å².